The molecule has 6 heteroatoms. The van der Waals surface area contributed by atoms with Crippen LogP contribution in [-0.4, -0.2) is 22.9 Å². The Morgan fingerprint density at radius 3 is 2.33 bits per heavy atom. The Morgan fingerprint density at radius 2 is 1.81 bits per heavy atom. The number of rotatable bonds is 1. The van der Waals surface area contributed by atoms with Crippen molar-refractivity contribution >= 4 is 11.6 Å². The monoisotopic (exact) mass is 300 g/mol. The molecular formula is C15H19F3N2O. The topological polar surface area (TPSA) is 46.3 Å². The van der Waals surface area contributed by atoms with Crippen LogP contribution in [0.25, 0.3) is 0 Å². The Hall–Kier alpha value is -1.72. The van der Waals surface area contributed by atoms with Crippen molar-refractivity contribution < 1.29 is 18.0 Å². The predicted molar refractivity (Wildman–Crippen MR) is 74.8 cm³/mol. The van der Waals surface area contributed by atoms with E-state index in [9.17, 15) is 18.0 Å². The molecule has 2 unspecified atom stereocenters. The van der Waals surface area contributed by atoms with E-state index in [4.69, 9.17) is 5.73 Å². The van der Waals surface area contributed by atoms with Crippen molar-refractivity contribution in [1.29, 1.82) is 0 Å². The first kappa shape index (κ1) is 15.7. The molecule has 2 rings (SSSR count). The second kappa shape index (κ2) is 5.58. The maximum atomic E-state index is 12.9. The van der Waals surface area contributed by atoms with Gasteiger partial charge in [-0.15, -0.1) is 0 Å². The summed E-state index contributed by atoms with van der Waals surface area (Å²) in [6.07, 6.45) is -1.78. The fraction of sp³-hybridized carbons (Fsp3) is 0.533. The molecule has 1 aromatic carbocycles. The van der Waals surface area contributed by atoms with Gasteiger partial charge in [0, 0.05) is 23.3 Å². The molecule has 1 fully saturated rings. The zero-order valence-electron chi connectivity index (χ0n) is 12.1. The number of alkyl halides is 3. The number of likely N-dealkylation sites (tertiary alicyclic amines) is 1. The molecule has 0 aromatic heterocycles. The first-order valence-corrected chi connectivity index (χ1v) is 7.01. The summed E-state index contributed by atoms with van der Waals surface area (Å²) in [4.78, 5) is 14.2. The van der Waals surface area contributed by atoms with E-state index in [0.717, 1.165) is 31.4 Å². The van der Waals surface area contributed by atoms with Crippen molar-refractivity contribution in [3.05, 3.63) is 29.3 Å². The fourth-order valence-corrected chi connectivity index (χ4v) is 2.91. The van der Waals surface area contributed by atoms with Crippen LogP contribution in [0.1, 0.15) is 49.0 Å². The molecule has 2 atom stereocenters. The zero-order valence-corrected chi connectivity index (χ0v) is 12.1. The average Bonchev–Trinajstić information content (AvgIpc) is 2.37. The number of nitrogen functional groups attached to an aromatic ring is 1. The molecule has 1 aliphatic heterocycles. The molecule has 1 aliphatic rings. The van der Waals surface area contributed by atoms with E-state index in [2.05, 4.69) is 0 Å². The number of nitrogens with two attached hydrogens (primary N) is 1. The van der Waals surface area contributed by atoms with Gasteiger partial charge in [0.05, 0.1) is 5.56 Å². The fourth-order valence-electron chi connectivity index (χ4n) is 2.91. The normalized spacial score (nSPS) is 23.2. The molecular weight excluding hydrogens is 281 g/mol. The Morgan fingerprint density at radius 1 is 1.24 bits per heavy atom. The number of carbonyl (C=O) groups is 1. The van der Waals surface area contributed by atoms with Gasteiger partial charge in [-0.05, 0) is 51.3 Å². The second-order valence-corrected chi connectivity index (χ2v) is 5.64. The van der Waals surface area contributed by atoms with Crippen LogP contribution in [0.4, 0.5) is 18.9 Å². The van der Waals surface area contributed by atoms with Crippen molar-refractivity contribution in [2.75, 3.05) is 5.73 Å². The minimum atomic E-state index is -4.56. The number of anilines is 1. The Kier molecular flexibility index (Phi) is 4.16. The molecule has 1 heterocycles. The molecule has 1 saturated heterocycles. The first-order chi connectivity index (χ1) is 9.71. The molecule has 0 saturated carbocycles. The lowest BCUT2D eigenvalue weighted by Crippen LogP contribution is -2.47. The number of halogens is 3. The average molecular weight is 300 g/mol. The van der Waals surface area contributed by atoms with E-state index in [1.807, 2.05) is 13.8 Å². The molecule has 116 valence electrons. The minimum absolute atomic E-state index is 0.0353. The van der Waals surface area contributed by atoms with Crippen molar-refractivity contribution in [1.82, 2.24) is 4.90 Å². The van der Waals surface area contributed by atoms with Gasteiger partial charge < -0.3 is 10.6 Å². The number of amides is 1. The van der Waals surface area contributed by atoms with Gasteiger partial charge in [0.15, 0.2) is 0 Å². The highest BCUT2D eigenvalue weighted by molar-refractivity contribution is 5.95. The van der Waals surface area contributed by atoms with E-state index in [-0.39, 0.29) is 29.2 Å². The molecule has 0 bridgehead atoms. The van der Waals surface area contributed by atoms with Gasteiger partial charge in [-0.3, -0.25) is 4.79 Å². The molecule has 0 aliphatic carbocycles. The van der Waals surface area contributed by atoms with E-state index in [0.29, 0.717) is 0 Å². The van der Waals surface area contributed by atoms with Crippen LogP contribution in [0.3, 0.4) is 0 Å². The highest BCUT2D eigenvalue weighted by atomic mass is 19.4. The van der Waals surface area contributed by atoms with Gasteiger partial charge in [0.2, 0.25) is 0 Å². The minimum Gasteiger partial charge on any atom is -0.398 e. The van der Waals surface area contributed by atoms with Gasteiger partial charge in [-0.2, -0.15) is 13.2 Å². The predicted octanol–water partition coefficient (Wildman–Crippen LogP) is 3.69. The van der Waals surface area contributed by atoms with Crippen LogP contribution < -0.4 is 5.73 Å². The largest absolute Gasteiger partial charge is 0.418 e. The number of nitrogens with zero attached hydrogens (tertiary/aromatic N) is 1. The molecule has 0 spiro atoms. The van der Waals surface area contributed by atoms with Crippen LogP contribution in [0.5, 0.6) is 0 Å². The van der Waals surface area contributed by atoms with Gasteiger partial charge in [-0.1, -0.05) is 0 Å². The smallest absolute Gasteiger partial charge is 0.398 e. The maximum absolute atomic E-state index is 12.9. The third-order valence-electron chi connectivity index (χ3n) is 4.03. The van der Waals surface area contributed by atoms with Gasteiger partial charge in [0.25, 0.3) is 5.91 Å². The highest BCUT2D eigenvalue weighted by Crippen LogP contribution is 2.34. The van der Waals surface area contributed by atoms with Crippen LogP contribution in [0, 0.1) is 0 Å². The number of hydrogen-bond donors (Lipinski definition) is 1. The molecule has 3 nitrogen and oxygen atoms in total. The van der Waals surface area contributed by atoms with Crippen molar-refractivity contribution in [3.8, 4) is 0 Å². The lowest BCUT2D eigenvalue weighted by Gasteiger charge is -2.39. The molecule has 1 amide bonds. The van der Waals surface area contributed by atoms with Crippen LogP contribution in [0.2, 0.25) is 0 Å². The summed E-state index contributed by atoms with van der Waals surface area (Å²) in [5.74, 6) is -0.361. The summed E-state index contributed by atoms with van der Waals surface area (Å²) in [6.45, 7) is 3.85. The standard InChI is InChI=1S/C15H19F3N2O/c1-9-4-3-5-10(2)20(9)14(21)11-6-7-13(19)12(8-11)15(16,17)18/h6-10H,3-5,19H2,1-2H3. The summed E-state index contributed by atoms with van der Waals surface area (Å²) in [6, 6.07) is 3.43. The van der Waals surface area contributed by atoms with E-state index >= 15 is 0 Å². The SMILES string of the molecule is CC1CCCC(C)N1C(=O)c1ccc(N)c(C(F)(F)F)c1. The van der Waals surface area contributed by atoms with Gasteiger partial charge in [-0.25, -0.2) is 0 Å². The maximum Gasteiger partial charge on any atom is 0.418 e. The lowest BCUT2D eigenvalue weighted by atomic mass is 9.96. The lowest BCUT2D eigenvalue weighted by molar-refractivity contribution is -0.136. The summed E-state index contributed by atoms with van der Waals surface area (Å²) in [5, 5.41) is 0. The van der Waals surface area contributed by atoms with E-state index in [1.54, 1.807) is 4.90 Å². The zero-order chi connectivity index (χ0) is 15.8. The second-order valence-electron chi connectivity index (χ2n) is 5.64. The van der Waals surface area contributed by atoms with Crippen LogP contribution >= 0.6 is 0 Å². The first-order valence-electron chi connectivity index (χ1n) is 7.01. The molecule has 1 aromatic rings. The van der Waals surface area contributed by atoms with Gasteiger partial charge >= 0.3 is 6.18 Å². The number of piperidine rings is 1. The van der Waals surface area contributed by atoms with Crippen molar-refractivity contribution in [2.45, 2.75) is 51.4 Å². The number of carbonyl (C=O) groups excluding carboxylic acids is 1. The Balaban J connectivity index is 2.35. The van der Waals surface area contributed by atoms with E-state index < -0.39 is 11.7 Å². The van der Waals surface area contributed by atoms with E-state index in [1.165, 1.54) is 6.07 Å². The summed E-state index contributed by atoms with van der Waals surface area (Å²) in [5.41, 5.74) is 4.09. The third-order valence-corrected chi connectivity index (χ3v) is 4.03. The summed E-state index contributed by atoms with van der Waals surface area (Å²) >= 11 is 0. The highest BCUT2D eigenvalue weighted by Gasteiger charge is 2.35. The third kappa shape index (κ3) is 3.14. The molecule has 2 N–H and O–H groups in total. The number of benzene rings is 1. The van der Waals surface area contributed by atoms with Crippen LogP contribution in [0.15, 0.2) is 18.2 Å². The Labute approximate surface area is 121 Å². The van der Waals surface area contributed by atoms with Crippen molar-refractivity contribution in [3.63, 3.8) is 0 Å². The van der Waals surface area contributed by atoms with Gasteiger partial charge in [0.1, 0.15) is 0 Å². The quantitative estimate of drug-likeness (QED) is 0.804. The summed E-state index contributed by atoms with van der Waals surface area (Å²) in [7, 11) is 0. The van der Waals surface area contributed by atoms with Crippen molar-refractivity contribution in [2.24, 2.45) is 0 Å². The molecule has 0 radical (unpaired) electrons. The molecule has 21 heavy (non-hydrogen) atoms. The van der Waals surface area contributed by atoms with Crippen LogP contribution in [-0.2, 0) is 6.18 Å². The summed E-state index contributed by atoms with van der Waals surface area (Å²) < 4.78 is 38.6. The Bertz CT molecular complexity index is 532. The number of hydrogen-bond acceptors (Lipinski definition) is 2.